The van der Waals surface area contributed by atoms with Crippen molar-refractivity contribution < 1.29 is 66.3 Å². The molecule has 6 heterocycles. The molecule has 0 radical (unpaired) electrons. The molecule has 14 heteroatoms. The lowest BCUT2D eigenvalue weighted by molar-refractivity contribution is 0.263. The van der Waals surface area contributed by atoms with Gasteiger partial charge in [-0.05, 0) is 385 Å². The van der Waals surface area contributed by atoms with Crippen molar-refractivity contribution in [1.82, 2.24) is 0 Å². The molecule has 16 aromatic carbocycles. The maximum absolute atomic E-state index is 6.43. The minimum Gasteiger partial charge on any atom is -0.493 e. The Balaban J connectivity index is 0.762. The first-order valence-corrected chi connectivity index (χ1v) is 45.2. The van der Waals surface area contributed by atoms with E-state index in [0.717, 1.165) is 225 Å². The fourth-order valence-electron chi connectivity index (χ4n) is 17.5. The summed E-state index contributed by atoms with van der Waals surface area (Å²) >= 11 is 0. The van der Waals surface area contributed by atoms with Crippen molar-refractivity contribution in [2.24, 2.45) is 11.8 Å². The van der Waals surface area contributed by atoms with Crippen LogP contribution in [0.5, 0.6) is 46.0 Å². The Morgan fingerprint density at radius 1 is 0.164 bits per heavy atom. The summed E-state index contributed by atoms with van der Waals surface area (Å²) in [6.07, 6.45) is 5.57. The molecular formula is C114H94O14. The topological polar surface area (TPSA) is 149 Å². The van der Waals surface area contributed by atoms with Crippen LogP contribution in [0.15, 0.2) is 303 Å². The van der Waals surface area contributed by atoms with E-state index in [1.54, 1.807) is 0 Å². The van der Waals surface area contributed by atoms with Gasteiger partial charge in [0.1, 0.15) is 122 Å². The number of ether oxygens (including phenoxy) is 14. The Morgan fingerprint density at radius 3 is 0.461 bits per heavy atom. The van der Waals surface area contributed by atoms with Crippen molar-refractivity contribution in [2.75, 3.05) is 92.5 Å². The van der Waals surface area contributed by atoms with Gasteiger partial charge in [-0.2, -0.15) is 0 Å². The van der Waals surface area contributed by atoms with Crippen LogP contribution < -0.4 is 37.9 Å². The van der Waals surface area contributed by atoms with Crippen LogP contribution in [0, 0.1) is 11.8 Å². The second-order valence-electron chi connectivity index (χ2n) is 35.5. The molecule has 0 bridgehead atoms. The maximum Gasteiger partial charge on any atom is 0.119 e. The Morgan fingerprint density at radius 2 is 0.312 bits per heavy atom. The van der Waals surface area contributed by atoms with Crippen molar-refractivity contribution in [3.8, 4) is 180 Å². The molecule has 2 aliphatic carbocycles. The smallest absolute Gasteiger partial charge is 0.119 e. The molecule has 0 amide bonds. The maximum atomic E-state index is 6.43. The molecule has 6 unspecified atom stereocenters. The minimum absolute atomic E-state index is 0.118. The fourth-order valence-corrected chi connectivity index (χ4v) is 17.5. The summed E-state index contributed by atoms with van der Waals surface area (Å²) in [4.78, 5) is 0. The zero-order valence-electron chi connectivity index (χ0n) is 70.9. The van der Waals surface area contributed by atoms with Crippen molar-refractivity contribution in [1.29, 1.82) is 0 Å². The zero-order valence-corrected chi connectivity index (χ0v) is 70.9. The molecule has 16 aromatic rings. The van der Waals surface area contributed by atoms with E-state index in [-0.39, 0.29) is 36.6 Å². The summed E-state index contributed by atoms with van der Waals surface area (Å²) in [7, 11) is 0. The summed E-state index contributed by atoms with van der Waals surface area (Å²) in [5, 5.41) is 6.68. The molecule has 634 valence electrons. The molecule has 8 fully saturated rings. The molecule has 0 aromatic heterocycles. The molecule has 6 atom stereocenters. The average molecular weight is 1690 g/mol. The summed E-state index contributed by atoms with van der Waals surface area (Å²) in [6.45, 7) is 8.79. The number of hydrogen-bond donors (Lipinski definition) is 0. The van der Waals surface area contributed by atoms with Crippen LogP contribution in [0.4, 0.5) is 0 Å². The van der Waals surface area contributed by atoms with Gasteiger partial charge in [0.25, 0.3) is 0 Å². The molecule has 8 aliphatic rings. The van der Waals surface area contributed by atoms with Gasteiger partial charge < -0.3 is 66.3 Å². The second kappa shape index (κ2) is 33.8. The molecule has 14 nitrogen and oxygen atoms in total. The molecule has 0 spiro atoms. The molecule has 24 rings (SSSR count). The van der Waals surface area contributed by atoms with Crippen LogP contribution in [0.25, 0.3) is 166 Å². The van der Waals surface area contributed by atoms with E-state index in [0.29, 0.717) is 91.1 Å². The molecule has 2 saturated carbocycles. The van der Waals surface area contributed by atoms with E-state index >= 15 is 0 Å². The Hall–Kier alpha value is -13.3. The van der Waals surface area contributed by atoms with E-state index in [2.05, 4.69) is 303 Å². The van der Waals surface area contributed by atoms with Crippen LogP contribution in [0.2, 0.25) is 0 Å². The molecule has 6 aliphatic heterocycles. The van der Waals surface area contributed by atoms with Crippen LogP contribution in [-0.4, -0.2) is 129 Å². The van der Waals surface area contributed by atoms with Gasteiger partial charge in [-0.15, -0.1) is 0 Å². The Labute approximate surface area is 743 Å². The van der Waals surface area contributed by atoms with Gasteiger partial charge in [0.2, 0.25) is 0 Å². The minimum atomic E-state index is 0.118. The van der Waals surface area contributed by atoms with Gasteiger partial charge >= 0.3 is 0 Å². The van der Waals surface area contributed by atoms with Crippen LogP contribution in [0.1, 0.15) is 25.7 Å². The lowest BCUT2D eigenvalue weighted by Crippen LogP contribution is -2.03. The molecular weight excluding hydrogens is 1590 g/mol. The monoisotopic (exact) mass is 1690 g/mol. The van der Waals surface area contributed by atoms with Gasteiger partial charge in [-0.1, -0.05) is 121 Å². The van der Waals surface area contributed by atoms with Crippen LogP contribution in [0.3, 0.4) is 0 Å². The van der Waals surface area contributed by atoms with Crippen LogP contribution >= 0.6 is 0 Å². The van der Waals surface area contributed by atoms with Gasteiger partial charge in [0, 0.05) is 0 Å². The van der Waals surface area contributed by atoms with Gasteiger partial charge in [-0.25, -0.2) is 0 Å². The predicted octanol–water partition coefficient (Wildman–Crippen LogP) is 24.8. The van der Waals surface area contributed by atoms with Crippen molar-refractivity contribution in [2.45, 2.75) is 62.3 Å². The van der Waals surface area contributed by atoms with Crippen molar-refractivity contribution >= 4 is 32.3 Å². The largest absolute Gasteiger partial charge is 0.493 e. The predicted molar refractivity (Wildman–Crippen MR) is 503 cm³/mol. The number of hydrogen-bond acceptors (Lipinski definition) is 14. The summed E-state index contributed by atoms with van der Waals surface area (Å²) in [5.74, 6) is 7.75. The van der Waals surface area contributed by atoms with Gasteiger partial charge in [0.05, 0.1) is 52.9 Å². The van der Waals surface area contributed by atoms with Gasteiger partial charge in [-0.3, -0.25) is 0 Å². The Kier molecular flexibility index (Phi) is 20.7. The third-order valence-electron chi connectivity index (χ3n) is 25.8. The Bertz CT molecular complexity index is 5640. The standard InChI is InChI=1S/C114H94O14/c1-2-69(1)55-115-91-21-5-71(6-22-91)79-41-80(72-7-23-92(24-8-72)116-56-70-3-4-70)46-87(45-79)109-53-110(88-47-81(73-9-25-93(26-10-73)117-57-99-63-123-99)42-82(48-88)74-11-27-94(28-12-74)118-58-100-64-124-100)106-39-40-108-112(90-51-85(77-17-33-97(34-18-77)121-61-103-67-127-103)44-86(52-90)78-19-35-98(36-20-78)122-62-104-68-128-104)54-111(107-38-37-105(109)113(106)114(107)108)89-49-83(75-13-29-95(30-14-75)119-59-101-65-125-101)43-84(50-89)76-15-31-96(32-16-76)120-60-102-66-126-102/h5-54,69-70,99-104H,1-4,55-68H2. The SMILES string of the molecule is c1cc(-c2cc(-c3ccc(OCC4CC4)cc3)cc(-c3cc(-c4cc(-c5ccc(OCC6CO6)cc5)cc(-c5ccc(OCC6CO6)cc5)c4)c4ccc5c(-c6cc(-c7ccc(OCC8CO8)cc7)cc(-c7ccc(OCC8CO8)cc7)c6)cc(-c6cc(-c7ccc(OCC8CO8)cc7)cc(-c7ccc(OCC8CO8)cc7)c6)c6ccc3c4c65)c2)ccc1OCC1CC1. The first-order chi connectivity index (χ1) is 63.2. The lowest BCUT2D eigenvalue weighted by Gasteiger charge is -2.23. The molecule has 6 saturated heterocycles. The van der Waals surface area contributed by atoms with Gasteiger partial charge in [0.15, 0.2) is 0 Å². The zero-order chi connectivity index (χ0) is 84.5. The normalized spacial score (nSPS) is 18.6. The summed E-state index contributed by atoms with van der Waals surface area (Å²) < 4.78 is 84.2. The number of rotatable bonds is 36. The van der Waals surface area contributed by atoms with E-state index in [1.165, 1.54) is 25.7 Å². The molecule has 128 heavy (non-hydrogen) atoms. The number of benzene rings is 16. The first kappa shape index (κ1) is 78.2. The van der Waals surface area contributed by atoms with E-state index < -0.39 is 0 Å². The lowest BCUT2D eigenvalue weighted by atomic mass is 9.80. The summed E-state index contributed by atoms with van der Waals surface area (Å²) in [6, 6.07) is 112. The van der Waals surface area contributed by atoms with Crippen LogP contribution in [-0.2, 0) is 28.4 Å². The number of epoxide rings is 6. The highest BCUT2D eigenvalue weighted by Crippen LogP contribution is 2.53. The van der Waals surface area contributed by atoms with Crippen molar-refractivity contribution in [3.63, 3.8) is 0 Å². The quantitative estimate of drug-likeness (QED) is 0.0271. The third kappa shape index (κ3) is 17.9. The highest BCUT2D eigenvalue weighted by Gasteiger charge is 2.31. The highest BCUT2D eigenvalue weighted by atomic mass is 16.6. The van der Waals surface area contributed by atoms with E-state index in [1.807, 2.05) is 0 Å². The third-order valence-corrected chi connectivity index (χ3v) is 25.8. The first-order valence-electron chi connectivity index (χ1n) is 45.2. The average Bonchev–Trinajstić information content (AvgIpc) is 1.60. The van der Waals surface area contributed by atoms with E-state index in [9.17, 15) is 0 Å². The second-order valence-corrected chi connectivity index (χ2v) is 35.5. The van der Waals surface area contributed by atoms with Crippen molar-refractivity contribution in [3.05, 3.63) is 303 Å². The molecule has 0 N–H and O–H groups in total. The fraction of sp³-hybridized carbons (Fsp3) is 0.228. The van der Waals surface area contributed by atoms with E-state index in [4.69, 9.17) is 66.3 Å². The summed E-state index contributed by atoms with van der Waals surface area (Å²) in [5.41, 5.74) is 25.4. The highest BCUT2D eigenvalue weighted by molar-refractivity contribution is 6.32.